The molecule has 8 heteroatoms. The van der Waals surface area contributed by atoms with Crippen LogP contribution in [0.1, 0.15) is 43.5 Å². The average molecular weight is 423 g/mol. The zero-order valence-corrected chi connectivity index (χ0v) is 17.6. The van der Waals surface area contributed by atoms with Gasteiger partial charge < -0.3 is 23.7 Å². The lowest BCUT2D eigenvalue weighted by molar-refractivity contribution is -0.145. The third kappa shape index (κ3) is 2.74. The van der Waals surface area contributed by atoms with Gasteiger partial charge in [-0.3, -0.25) is 9.59 Å². The van der Waals surface area contributed by atoms with E-state index in [1.165, 1.54) is 20.3 Å². The molecular weight excluding hydrogens is 400 g/mol. The summed E-state index contributed by atoms with van der Waals surface area (Å²) in [5, 5.41) is 0.143. The Kier molecular flexibility index (Phi) is 4.99. The Hall–Kier alpha value is -2.25. The van der Waals surface area contributed by atoms with Crippen LogP contribution in [0.25, 0.3) is 0 Å². The van der Waals surface area contributed by atoms with Gasteiger partial charge >= 0.3 is 0 Å². The lowest BCUT2D eigenvalue weighted by Gasteiger charge is -2.40. The van der Waals surface area contributed by atoms with Crippen molar-refractivity contribution in [3.63, 3.8) is 0 Å². The van der Waals surface area contributed by atoms with Crippen LogP contribution in [0, 0.1) is 5.92 Å². The number of ketones is 2. The third-order valence-corrected chi connectivity index (χ3v) is 6.17. The molecule has 4 rings (SSSR count). The molecule has 1 aromatic rings. The monoisotopic (exact) mass is 422 g/mol. The third-order valence-electron chi connectivity index (χ3n) is 5.81. The van der Waals surface area contributed by atoms with Crippen LogP contribution < -0.4 is 14.2 Å². The van der Waals surface area contributed by atoms with Gasteiger partial charge in [-0.1, -0.05) is 18.5 Å². The van der Waals surface area contributed by atoms with E-state index in [0.29, 0.717) is 43.0 Å². The molecule has 29 heavy (non-hydrogen) atoms. The standard InChI is InChI=1S/C21H23ClO7/c1-5-27-15-7-6-11-12(28-15)8-10(2)21(19(11)23)20(24)16-13(25-3)9-14(26-4)17(22)18(16)29-21/h9-10,15H,5-8H2,1-4H3. The van der Waals surface area contributed by atoms with Crippen molar-refractivity contribution in [2.75, 3.05) is 20.8 Å². The molecule has 156 valence electrons. The SMILES string of the molecule is CCOC1CCC2=C(CC(C)C3(Oc4c(Cl)c(OC)cc(OC)c4C3=O)C2=O)O1. The minimum atomic E-state index is -1.67. The van der Waals surface area contributed by atoms with Crippen molar-refractivity contribution in [1.82, 2.24) is 0 Å². The molecule has 0 N–H and O–H groups in total. The van der Waals surface area contributed by atoms with Crippen molar-refractivity contribution < 1.29 is 33.3 Å². The molecule has 3 unspecified atom stereocenters. The van der Waals surface area contributed by atoms with Crippen molar-refractivity contribution in [2.24, 2.45) is 5.92 Å². The van der Waals surface area contributed by atoms with Gasteiger partial charge in [0.2, 0.25) is 17.2 Å². The van der Waals surface area contributed by atoms with Gasteiger partial charge in [-0.05, 0) is 13.3 Å². The van der Waals surface area contributed by atoms with E-state index in [9.17, 15) is 9.59 Å². The first-order valence-corrected chi connectivity index (χ1v) is 10.00. The van der Waals surface area contributed by atoms with Crippen molar-refractivity contribution in [3.8, 4) is 17.2 Å². The second kappa shape index (κ2) is 7.22. The predicted molar refractivity (Wildman–Crippen MR) is 104 cm³/mol. The second-order valence-electron chi connectivity index (χ2n) is 7.34. The van der Waals surface area contributed by atoms with Gasteiger partial charge in [0.1, 0.15) is 27.8 Å². The normalized spacial score (nSPS) is 28.0. The summed E-state index contributed by atoms with van der Waals surface area (Å²) in [6, 6.07) is 1.53. The first-order chi connectivity index (χ1) is 13.9. The first-order valence-electron chi connectivity index (χ1n) is 9.62. The van der Waals surface area contributed by atoms with Crippen molar-refractivity contribution >= 4 is 23.2 Å². The minimum absolute atomic E-state index is 0.126. The molecular formula is C21H23ClO7. The number of halogens is 1. The van der Waals surface area contributed by atoms with E-state index in [1.54, 1.807) is 6.92 Å². The van der Waals surface area contributed by atoms with Gasteiger partial charge in [0.15, 0.2) is 12.0 Å². The average Bonchev–Trinajstić information content (AvgIpc) is 3.02. The van der Waals surface area contributed by atoms with Gasteiger partial charge in [0.25, 0.3) is 0 Å². The zero-order chi connectivity index (χ0) is 20.9. The van der Waals surface area contributed by atoms with Gasteiger partial charge in [-0.2, -0.15) is 0 Å². The van der Waals surface area contributed by atoms with E-state index in [1.807, 2.05) is 6.92 Å². The van der Waals surface area contributed by atoms with Crippen LogP contribution in [-0.2, 0) is 14.3 Å². The number of Topliss-reactive ketones (excluding diaryl/α,β-unsaturated/α-hetero) is 2. The number of methoxy groups -OCH3 is 2. The molecule has 0 bridgehead atoms. The van der Waals surface area contributed by atoms with E-state index in [0.717, 1.165) is 0 Å². The van der Waals surface area contributed by atoms with Crippen molar-refractivity contribution in [3.05, 3.63) is 28.0 Å². The molecule has 2 aliphatic heterocycles. The van der Waals surface area contributed by atoms with E-state index in [4.69, 9.17) is 35.3 Å². The molecule has 0 aromatic heterocycles. The maximum absolute atomic E-state index is 13.6. The molecule has 3 atom stereocenters. The topological polar surface area (TPSA) is 80.3 Å². The summed E-state index contributed by atoms with van der Waals surface area (Å²) in [7, 11) is 2.90. The Morgan fingerprint density at radius 2 is 1.93 bits per heavy atom. The Balaban J connectivity index is 1.79. The highest BCUT2D eigenvalue weighted by Gasteiger charge is 2.62. The fourth-order valence-corrected chi connectivity index (χ4v) is 4.61. The van der Waals surface area contributed by atoms with Gasteiger partial charge in [0, 0.05) is 37.0 Å². The van der Waals surface area contributed by atoms with Crippen LogP contribution in [0.15, 0.2) is 17.4 Å². The Bertz CT molecular complexity index is 922. The summed E-state index contributed by atoms with van der Waals surface area (Å²) in [5.41, 5.74) is -1.01. The highest BCUT2D eigenvalue weighted by Crippen LogP contribution is 2.54. The Morgan fingerprint density at radius 3 is 2.59 bits per heavy atom. The number of carbonyl (C=O) groups is 2. The molecule has 0 amide bonds. The summed E-state index contributed by atoms with van der Waals surface area (Å²) < 4.78 is 28.2. The molecule has 2 heterocycles. The summed E-state index contributed by atoms with van der Waals surface area (Å²) in [6.07, 6.45) is 1.03. The van der Waals surface area contributed by atoms with Gasteiger partial charge in [-0.15, -0.1) is 0 Å². The lowest BCUT2D eigenvalue weighted by Crippen LogP contribution is -2.57. The number of hydrogen-bond donors (Lipinski definition) is 0. The summed E-state index contributed by atoms with van der Waals surface area (Å²) in [4.78, 5) is 27.1. The summed E-state index contributed by atoms with van der Waals surface area (Å²) in [5.74, 6) is 0.00900. The number of hydrogen-bond acceptors (Lipinski definition) is 7. The maximum Gasteiger partial charge on any atom is 0.236 e. The van der Waals surface area contributed by atoms with Crippen LogP contribution in [0.5, 0.6) is 17.2 Å². The molecule has 0 radical (unpaired) electrons. The predicted octanol–water partition coefficient (Wildman–Crippen LogP) is 3.71. The second-order valence-corrected chi connectivity index (χ2v) is 7.72. The van der Waals surface area contributed by atoms with E-state index >= 15 is 0 Å². The van der Waals surface area contributed by atoms with Crippen LogP contribution in [0.3, 0.4) is 0 Å². The fraction of sp³-hybridized carbons (Fsp3) is 0.524. The highest BCUT2D eigenvalue weighted by molar-refractivity contribution is 6.36. The van der Waals surface area contributed by atoms with Gasteiger partial charge in [-0.25, -0.2) is 0 Å². The quantitative estimate of drug-likeness (QED) is 0.684. The zero-order valence-electron chi connectivity index (χ0n) is 16.8. The van der Waals surface area contributed by atoms with Crippen LogP contribution in [0.4, 0.5) is 0 Å². The number of ether oxygens (including phenoxy) is 5. The summed E-state index contributed by atoms with van der Waals surface area (Å²) >= 11 is 6.42. The molecule has 1 aromatic carbocycles. The number of benzene rings is 1. The largest absolute Gasteiger partial charge is 0.496 e. The van der Waals surface area contributed by atoms with Crippen LogP contribution in [0.2, 0.25) is 5.02 Å². The minimum Gasteiger partial charge on any atom is -0.496 e. The smallest absolute Gasteiger partial charge is 0.236 e. The number of allylic oxidation sites excluding steroid dienone is 1. The van der Waals surface area contributed by atoms with Crippen molar-refractivity contribution in [2.45, 2.75) is 45.0 Å². The molecule has 1 aliphatic carbocycles. The number of carbonyl (C=O) groups excluding carboxylic acids is 2. The maximum atomic E-state index is 13.6. The molecule has 7 nitrogen and oxygen atoms in total. The Labute approximate surface area is 173 Å². The molecule has 0 saturated heterocycles. The van der Waals surface area contributed by atoms with Crippen molar-refractivity contribution in [1.29, 1.82) is 0 Å². The van der Waals surface area contributed by atoms with E-state index in [2.05, 4.69) is 0 Å². The van der Waals surface area contributed by atoms with E-state index in [-0.39, 0.29) is 34.2 Å². The number of fused-ring (bicyclic) bond motifs is 1. The highest BCUT2D eigenvalue weighted by atomic mass is 35.5. The number of rotatable bonds is 4. The molecule has 3 aliphatic rings. The Morgan fingerprint density at radius 1 is 1.21 bits per heavy atom. The summed E-state index contributed by atoms with van der Waals surface area (Å²) in [6.45, 7) is 4.22. The molecule has 0 saturated carbocycles. The molecule has 0 fully saturated rings. The van der Waals surface area contributed by atoms with Gasteiger partial charge in [0.05, 0.1) is 14.2 Å². The fourth-order valence-electron chi connectivity index (χ4n) is 4.35. The lowest BCUT2D eigenvalue weighted by atomic mass is 9.70. The first kappa shape index (κ1) is 20.0. The van der Waals surface area contributed by atoms with Crippen LogP contribution in [-0.4, -0.2) is 44.3 Å². The van der Waals surface area contributed by atoms with E-state index < -0.39 is 17.3 Å². The molecule has 1 spiro atoms. The van der Waals surface area contributed by atoms with Crippen LogP contribution >= 0.6 is 11.6 Å².